The summed E-state index contributed by atoms with van der Waals surface area (Å²) in [5.41, 5.74) is 0. The van der Waals surface area contributed by atoms with E-state index in [9.17, 15) is 0 Å². The van der Waals surface area contributed by atoms with E-state index in [0.717, 1.165) is 0 Å². The molecule has 0 heterocycles. The van der Waals surface area contributed by atoms with Crippen LogP contribution < -0.4 is 0 Å². The molecule has 0 radical (unpaired) electrons. The summed E-state index contributed by atoms with van der Waals surface area (Å²) < 4.78 is 0. The molecule has 22 heavy (non-hydrogen) atoms. The maximum Gasteiger partial charge on any atom is 2.00 e. The van der Waals surface area contributed by atoms with Gasteiger partial charge in [-0.25, -0.2) is 0 Å². The van der Waals surface area contributed by atoms with Gasteiger partial charge >= 0.3 is 16.5 Å². The summed E-state index contributed by atoms with van der Waals surface area (Å²) in [5, 5.41) is 26.9. The molecular weight excluding hydrogens is 483 g/mol. The number of alkyl halides is 6. The van der Waals surface area contributed by atoms with Gasteiger partial charge in [0.15, 0.2) is 0 Å². The molecule has 1 fully saturated rings. The molecule has 0 spiro atoms. The van der Waals surface area contributed by atoms with E-state index in [1.807, 2.05) is 0 Å². The zero-order valence-corrected chi connectivity index (χ0v) is 15.4. The summed E-state index contributed by atoms with van der Waals surface area (Å²) in [4.78, 5) is 16.5. The largest absolute Gasteiger partial charge is 2.00 e. The van der Waals surface area contributed by atoms with E-state index < -0.39 is 42.4 Å². The molecule has 1 rings (SSSR count). The van der Waals surface area contributed by atoms with Crippen LogP contribution in [0.5, 0.6) is 0 Å². The molecule has 0 aromatic heterocycles. The predicted molar refractivity (Wildman–Crippen MR) is 82.2 cm³/mol. The van der Waals surface area contributed by atoms with Gasteiger partial charge < -0.3 is 36.1 Å². The van der Waals surface area contributed by atoms with Crippen molar-refractivity contribution < 1.29 is 32.1 Å². The van der Waals surface area contributed by atoms with E-state index in [1.54, 1.807) is 0 Å². The fourth-order valence-corrected chi connectivity index (χ4v) is 3.38. The minimum absolute atomic E-state index is 0. The summed E-state index contributed by atoms with van der Waals surface area (Å²) in [6, 6.07) is 0. The van der Waals surface area contributed by atoms with Crippen LogP contribution in [0.4, 0.5) is 0 Å². The van der Waals surface area contributed by atoms with Gasteiger partial charge in [0.2, 0.25) is 0 Å². The van der Waals surface area contributed by atoms with Crippen LogP contribution in [-0.2, 0) is 16.5 Å². The van der Waals surface area contributed by atoms with Gasteiger partial charge in [0, 0.05) is 0 Å². The number of hydrogen-bond donors (Lipinski definition) is 0. The molecule has 1 aliphatic rings. The smallest absolute Gasteiger partial charge is 0.412 e. The third-order valence-electron chi connectivity index (χ3n) is 1.83. The monoisotopic (exact) mass is 488 g/mol. The van der Waals surface area contributed by atoms with E-state index in [1.165, 1.54) is 0 Å². The van der Waals surface area contributed by atoms with Crippen LogP contribution in [0.2, 0.25) is 0 Å². The Kier molecular flexibility index (Phi) is 21.0. The van der Waals surface area contributed by atoms with Gasteiger partial charge in [0.05, 0.1) is 42.4 Å². The molecule has 0 amide bonds. The third kappa shape index (κ3) is 13.1. The zero-order valence-electron chi connectivity index (χ0n) is 9.89. The summed E-state index contributed by atoms with van der Waals surface area (Å²) in [6.45, 7) is 0. The van der Waals surface area contributed by atoms with Crippen molar-refractivity contribution in [2.75, 3.05) is 0 Å². The first kappa shape index (κ1) is 30.5. The van der Waals surface area contributed by atoms with Crippen LogP contribution in [0.25, 0.3) is 0 Å². The predicted octanol–water partition coefficient (Wildman–Crippen LogP) is 2.34. The standard InChI is InChI=1S/C6H6Cl6.2NO3.Ni.H2O/c7-1-2(8)4(10)6(12)5(11)3(1)9;2*2-1(3)4;;/h1-6H;;;;1H2/q;2*-1;+2;/t1-,2-,3-,4+,5+,6+;;;;. The van der Waals surface area contributed by atoms with Crippen molar-refractivity contribution in [3.05, 3.63) is 30.6 Å². The van der Waals surface area contributed by atoms with Gasteiger partial charge in [-0.1, -0.05) is 0 Å². The van der Waals surface area contributed by atoms with E-state index in [0.29, 0.717) is 0 Å². The van der Waals surface area contributed by atoms with Gasteiger partial charge in [-0.15, -0.1) is 69.6 Å². The van der Waals surface area contributed by atoms with Crippen LogP contribution in [-0.4, -0.2) is 47.9 Å². The van der Waals surface area contributed by atoms with Gasteiger partial charge in [-0.2, -0.15) is 0 Å². The quantitative estimate of drug-likeness (QED) is 0.218. The molecule has 0 saturated heterocycles. The first-order valence-corrected chi connectivity index (χ1v) is 7.02. The number of rotatable bonds is 0. The Morgan fingerprint density at radius 1 is 0.545 bits per heavy atom. The number of hydrogen-bond acceptors (Lipinski definition) is 6. The van der Waals surface area contributed by atoms with Gasteiger partial charge in [-0.05, 0) is 0 Å². The molecule has 0 bridgehead atoms. The van der Waals surface area contributed by atoms with Crippen molar-refractivity contribution in [3.63, 3.8) is 0 Å². The summed E-state index contributed by atoms with van der Waals surface area (Å²) in [6.07, 6.45) is 0. The van der Waals surface area contributed by atoms with Crippen molar-refractivity contribution in [2.45, 2.75) is 32.3 Å². The van der Waals surface area contributed by atoms with Crippen molar-refractivity contribution in [3.8, 4) is 0 Å². The number of nitrogens with zero attached hydrogens (tertiary/aromatic N) is 2. The molecule has 0 atom stereocenters. The summed E-state index contributed by atoms with van der Waals surface area (Å²) >= 11 is 35.3. The first-order chi connectivity index (χ1) is 8.93. The second kappa shape index (κ2) is 15.1. The molecular formula is C6H8Cl6N2NiO7. The van der Waals surface area contributed by atoms with E-state index in [-0.39, 0.29) is 22.0 Å². The SMILES string of the molecule is Cl[C@H]1[C@H](Cl)[C@@H](Cl)[C@@H](Cl)[C@H](Cl)[C@H]1Cl.O.O=[N+]([O-])[O-].O=[N+]([O-])[O-].[Ni+2]. The van der Waals surface area contributed by atoms with Crippen LogP contribution in [0.15, 0.2) is 0 Å². The van der Waals surface area contributed by atoms with Crippen LogP contribution in [0.1, 0.15) is 0 Å². The molecule has 1 aliphatic carbocycles. The van der Waals surface area contributed by atoms with Crippen LogP contribution in [0.3, 0.4) is 0 Å². The second-order valence-corrected chi connectivity index (χ2v) is 6.14. The fraction of sp³-hybridized carbons (Fsp3) is 1.00. The number of halogens is 6. The molecule has 0 aromatic rings. The Morgan fingerprint density at radius 3 is 0.636 bits per heavy atom. The van der Waals surface area contributed by atoms with Gasteiger partial charge in [0.1, 0.15) is 0 Å². The molecule has 16 heteroatoms. The van der Waals surface area contributed by atoms with Crippen molar-refractivity contribution in [1.29, 1.82) is 0 Å². The minimum atomic E-state index is -1.75. The fourth-order valence-electron chi connectivity index (χ4n) is 1.05. The molecule has 136 valence electrons. The second-order valence-electron chi connectivity index (χ2n) is 3.11. The molecule has 0 aromatic carbocycles. The van der Waals surface area contributed by atoms with Crippen molar-refractivity contribution in [2.24, 2.45) is 0 Å². The normalized spacial score (nSPS) is 32.5. The summed E-state index contributed by atoms with van der Waals surface area (Å²) in [5.74, 6) is 0. The van der Waals surface area contributed by atoms with Gasteiger partial charge in [-0.3, -0.25) is 0 Å². The first-order valence-electron chi connectivity index (χ1n) is 4.40. The minimum Gasteiger partial charge on any atom is -0.412 e. The molecule has 0 aliphatic heterocycles. The van der Waals surface area contributed by atoms with E-state index >= 15 is 0 Å². The zero-order chi connectivity index (χ0) is 16.6. The molecule has 1 saturated carbocycles. The Balaban J connectivity index is -0.000000138. The average molecular weight is 492 g/mol. The van der Waals surface area contributed by atoms with Gasteiger partial charge in [0.25, 0.3) is 0 Å². The third-order valence-corrected chi connectivity index (χ3v) is 5.86. The van der Waals surface area contributed by atoms with Crippen molar-refractivity contribution in [1.82, 2.24) is 0 Å². The topological polar surface area (TPSA) is 164 Å². The summed E-state index contributed by atoms with van der Waals surface area (Å²) in [7, 11) is 0. The van der Waals surface area contributed by atoms with Crippen molar-refractivity contribution >= 4 is 69.6 Å². The average Bonchev–Trinajstić information content (AvgIpc) is 2.30. The Morgan fingerprint density at radius 2 is 0.591 bits per heavy atom. The Labute approximate surface area is 164 Å². The molecule has 2 N–H and O–H groups in total. The maximum atomic E-state index is 8.25. The van der Waals surface area contributed by atoms with E-state index in [4.69, 9.17) is 100 Å². The maximum absolute atomic E-state index is 8.25. The Hall–Kier alpha value is 0.594. The van der Waals surface area contributed by atoms with Crippen LogP contribution >= 0.6 is 69.6 Å². The molecule has 0 unspecified atom stereocenters. The van der Waals surface area contributed by atoms with Crippen LogP contribution in [0, 0.1) is 30.6 Å². The van der Waals surface area contributed by atoms with E-state index in [2.05, 4.69) is 0 Å². The molecule has 9 nitrogen and oxygen atoms in total. The Bertz CT molecular complexity index is 253.